The molecule has 2 amide bonds. The maximum Gasteiger partial charge on any atom is 0.414 e. The van der Waals surface area contributed by atoms with Crippen LogP contribution in [-0.4, -0.2) is 74.6 Å². The standard InChI is InChI=1S/C29H36FN5O6/c1-29(2,3)41-28(38)34(15-16-39-5)24-12-9-20(17-23(24)30)33(4)14-13-22-25(18-36)35(32-26(22)27(31)37)19-7-10-21(40-6)11-8-19/h7-12,17-18H,13-16H2,1-6H3,(H2,31,37). The Kier molecular flexibility index (Phi) is 10.1. The van der Waals surface area contributed by atoms with Crippen LogP contribution in [0.2, 0.25) is 0 Å². The zero-order chi connectivity index (χ0) is 30.3. The first-order chi connectivity index (χ1) is 19.4. The fraction of sp³-hybridized carbons (Fsp3) is 0.379. The summed E-state index contributed by atoms with van der Waals surface area (Å²) in [6, 6.07) is 11.3. The maximum absolute atomic E-state index is 15.3. The molecule has 2 N–H and O–H groups in total. The summed E-state index contributed by atoms with van der Waals surface area (Å²) in [7, 11) is 4.77. The largest absolute Gasteiger partial charge is 0.497 e. The Balaban J connectivity index is 1.85. The molecule has 0 atom stereocenters. The smallest absolute Gasteiger partial charge is 0.414 e. The van der Waals surface area contributed by atoms with Crippen molar-refractivity contribution in [1.29, 1.82) is 0 Å². The van der Waals surface area contributed by atoms with Gasteiger partial charge in [-0.15, -0.1) is 0 Å². The fourth-order valence-corrected chi connectivity index (χ4v) is 4.12. The minimum absolute atomic E-state index is 0.0241. The van der Waals surface area contributed by atoms with E-state index in [-0.39, 0.29) is 36.6 Å². The van der Waals surface area contributed by atoms with Crippen LogP contribution in [0.3, 0.4) is 0 Å². The summed E-state index contributed by atoms with van der Waals surface area (Å²) < 4.78 is 32.4. The number of aromatic nitrogens is 2. The summed E-state index contributed by atoms with van der Waals surface area (Å²) >= 11 is 0. The van der Waals surface area contributed by atoms with Crippen LogP contribution in [0.25, 0.3) is 5.69 Å². The maximum atomic E-state index is 15.3. The van der Waals surface area contributed by atoms with Crippen LogP contribution in [0.4, 0.5) is 20.6 Å². The van der Waals surface area contributed by atoms with Crippen molar-refractivity contribution in [2.45, 2.75) is 32.8 Å². The molecule has 0 aliphatic heterocycles. The Labute approximate surface area is 238 Å². The van der Waals surface area contributed by atoms with E-state index in [2.05, 4.69) is 5.10 Å². The van der Waals surface area contributed by atoms with Crippen molar-refractivity contribution in [2.75, 3.05) is 50.8 Å². The van der Waals surface area contributed by atoms with Crippen molar-refractivity contribution in [3.05, 3.63) is 65.2 Å². The van der Waals surface area contributed by atoms with E-state index in [9.17, 15) is 14.4 Å². The number of hydrogen-bond donors (Lipinski definition) is 1. The molecule has 12 heteroatoms. The highest BCUT2D eigenvalue weighted by Gasteiger charge is 2.26. The molecule has 0 unspecified atom stereocenters. The fourth-order valence-electron chi connectivity index (χ4n) is 4.12. The predicted octanol–water partition coefficient (Wildman–Crippen LogP) is 4.00. The topological polar surface area (TPSA) is 129 Å². The number of amides is 2. The third-order valence-electron chi connectivity index (χ3n) is 6.18. The van der Waals surface area contributed by atoms with Crippen molar-refractivity contribution in [2.24, 2.45) is 5.73 Å². The van der Waals surface area contributed by atoms with Crippen LogP contribution in [0.1, 0.15) is 47.3 Å². The number of anilines is 2. The lowest BCUT2D eigenvalue weighted by atomic mass is 10.1. The SMILES string of the molecule is COCCN(C(=O)OC(C)(C)C)c1ccc(N(C)CCc2c(C(N)=O)nn(-c3ccc(OC)cc3)c2C=O)cc1F. The van der Waals surface area contributed by atoms with Crippen molar-refractivity contribution in [1.82, 2.24) is 9.78 Å². The number of methoxy groups -OCH3 is 2. The van der Waals surface area contributed by atoms with Crippen LogP contribution < -0.4 is 20.3 Å². The lowest BCUT2D eigenvalue weighted by Crippen LogP contribution is -2.39. The zero-order valence-corrected chi connectivity index (χ0v) is 24.1. The molecule has 3 aromatic rings. The molecule has 0 aliphatic rings. The third kappa shape index (κ3) is 7.60. The number of hydrogen-bond acceptors (Lipinski definition) is 8. The molecule has 1 aromatic heterocycles. The summed E-state index contributed by atoms with van der Waals surface area (Å²) in [6.45, 7) is 5.77. The average Bonchev–Trinajstić information content (AvgIpc) is 3.30. The first kappa shape index (κ1) is 31.1. The van der Waals surface area contributed by atoms with E-state index >= 15 is 4.39 Å². The quantitative estimate of drug-likeness (QED) is 0.324. The molecule has 1 heterocycles. The Morgan fingerprint density at radius 3 is 2.32 bits per heavy atom. The number of rotatable bonds is 12. The Morgan fingerprint density at radius 1 is 1.10 bits per heavy atom. The number of ether oxygens (including phenoxy) is 3. The number of halogens is 1. The molecule has 0 fully saturated rings. The number of carbonyl (C=O) groups is 3. The minimum atomic E-state index is -0.772. The first-order valence-corrected chi connectivity index (χ1v) is 12.9. The summed E-state index contributed by atoms with van der Waals surface area (Å²) in [5, 5.41) is 4.30. The summed E-state index contributed by atoms with van der Waals surface area (Å²) in [6.07, 6.45) is 0.155. The van der Waals surface area contributed by atoms with E-state index in [1.807, 2.05) is 0 Å². The monoisotopic (exact) mass is 569 g/mol. The van der Waals surface area contributed by atoms with Gasteiger partial charge in [-0.25, -0.2) is 13.9 Å². The molecule has 11 nitrogen and oxygen atoms in total. The van der Waals surface area contributed by atoms with Crippen LogP contribution in [0, 0.1) is 5.82 Å². The number of primary amides is 1. The second kappa shape index (κ2) is 13.3. The van der Waals surface area contributed by atoms with Crippen LogP contribution >= 0.6 is 0 Å². The van der Waals surface area contributed by atoms with E-state index in [0.29, 0.717) is 35.5 Å². The van der Waals surface area contributed by atoms with Gasteiger partial charge in [0.25, 0.3) is 5.91 Å². The van der Waals surface area contributed by atoms with E-state index in [1.54, 1.807) is 63.1 Å². The molecular formula is C29H36FN5O6. The molecule has 0 radical (unpaired) electrons. The average molecular weight is 570 g/mol. The molecule has 0 saturated carbocycles. The first-order valence-electron chi connectivity index (χ1n) is 12.9. The lowest BCUT2D eigenvalue weighted by molar-refractivity contribution is 0.0567. The van der Waals surface area contributed by atoms with E-state index in [0.717, 1.165) is 0 Å². The molecule has 3 rings (SSSR count). The minimum Gasteiger partial charge on any atom is -0.497 e. The van der Waals surface area contributed by atoms with Crippen molar-refractivity contribution >= 4 is 29.7 Å². The summed E-state index contributed by atoms with van der Waals surface area (Å²) in [5.74, 6) is -0.779. The van der Waals surface area contributed by atoms with Gasteiger partial charge in [-0.2, -0.15) is 5.10 Å². The van der Waals surface area contributed by atoms with Gasteiger partial charge in [0.15, 0.2) is 12.0 Å². The zero-order valence-electron chi connectivity index (χ0n) is 24.1. The van der Waals surface area contributed by atoms with Gasteiger partial charge < -0.3 is 24.8 Å². The molecular weight excluding hydrogens is 533 g/mol. The van der Waals surface area contributed by atoms with E-state index < -0.39 is 23.4 Å². The summed E-state index contributed by atoms with van der Waals surface area (Å²) in [4.78, 5) is 40.0. The number of nitrogens with zero attached hydrogens (tertiary/aromatic N) is 4. The van der Waals surface area contributed by atoms with Gasteiger partial charge in [-0.05, 0) is 69.7 Å². The Hall–Kier alpha value is -4.45. The van der Waals surface area contributed by atoms with Gasteiger partial charge in [0, 0.05) is 32.0 Å². The van der Waals surface area contributed by atoms with Crippen LogP contribution in [0.5, 0.6) is 5.75 Å². The molecule has 41 heavy (non-hydrogen) atoms. The van der Waals surface area contributed by atoms with Crippen molar-refractivity contribution in [3.63, 3.8) is 0 Å². The molecule has 0 spiro atoms. The van der Waals surface area contributed by atoms with Gasteiger partial charge in [0.1, 0.15) is 22.9 Å². The second-order valence-corrected chi connectivity index (χ2v) is 10.2. The van der Waals surface area contributed by atoms with Gasteiger partial charge in [0.2, 0.25) is 0 Å². The third-order valence-corrected chi connectivity index (χ3v) is 6.18. The van der Waals surface area contributed by atoms with Gasteiger partial charge in [-0.1, -0.05) is 0 Å². The molecule has 0 aliphatic carbocycles. The predicted molar refractivity (Wildman–Crippen MR) is 153 cm³/mol. The number of likely N-dealkylation sites (N-methyl/N-ethyl adjacent to an activating group) is 1. The highest BCUT2D eigenvalue weighted by Crippen LogP contribution is 2.27. The van der Waals surface area contributed by atoms with Gasteiger partial charge in [0.05, 0.1) is 31.6 Å². The molecule has 0 bridgehead atoms. The molecule has 220 valence electrons. The Bertz CT molecular complexity index is 1380. The lowest BCUT2D eigenvalue weighted by Gasteiger charge is -2.28. The van der Waals surface area contributed by atoms with Crippen molar-refractivity contribution < 1.29 is 33.0 Å². The van der Waals surface area contributed by atoms with Crippen LogP contribution in [-0.2, 0) is 15.9 Å². The van der Waals surface area contributed by atoms with Crippen molar-refractivity contribution in [3.8, 4) is 11.4 Å². The van der Waals surface area contributed by atoms with E-state index in [4.69, 9.17) is 19.9 Å². The number of nitrogens with two attached hydrogens (primary N) is 1. The number of carbonyl (C=O) groups excluding carboxylic acids is 3. The summed E-state index contributed by atoms with van der Waals surface area (Å²) in [5.41, 5.74) is 6.48. The van der Waals surface area contributed by atoms with E-state index in [1.165, 1.54) is 35.9 Å². The van der Waals surface area contributed by atoms with Gasteiger partial charge in [-0.3, -0.25) is 14.5 Å². The highest BCUT2D eigenvalue weighted by molar-refractivity contribution is 5.95. The van der Waals surface area contributed by atoms with Crippen LogP contribution in [0.15, 0.2) is 42.5 Å². The second-order valence-electron chi connectivity index (χ2n) is 10.2. The normalized spacial score (nSPS) is 11.2. The highest BCUT2D eigenvalue weighted by atomic mass is 19.1. The van der Waals surface area contributed by atoms with Gasteiger partial charge >= 0.3 is 6.09 Å². The number of aldehydes is 1. The number of benzene rings is 2. The molecule has 0 saturated heterocycles. The Morgan fingerprint density at radius 2 is 1.78 bits per heavy atom. The molecule has 2 aromatic carbocycles.